The highest BCUT2D eigenvalue weighted by molar-refractivity contribution is 5.97. The summed E-state index contributed by atoms with van der Waals surface area (Å²) in [4.78, 5) is 11.1. The van der Waals surface area contributed by atoms with E-state index in [4.69, 9.17) is 4.74 Å². The molecule has 6 heteroatoms. The fraction of sp³-hybridized carbons (Fsp3) is 0.364. The molecule has 0 aliphatic rings. The Hall–Kier alpha value is -1.59. The van der Waals surface area contributed by atoms with Gasteiger partial charge in [0.1, 0.15) is 11.6 Å². The zero-order valence-corrected chi connectivity index (χ0v) is 9.19. The van der Waals surface area contributed by atoms with E-state index in [2.05, 4.69) is 0 Å². The lowest BCUT2D eigenvalue weighted by Gasteiger charge is -2.13. The first-order chi connectivity index (χ1) is 7.77. The van der Waals surface area contributed by atoms with Crippen molar-refractivity contribution in [3.05, 3.63) is 29.1 Å². The molecule has 0 saturated heterocycles. The van der Waals surface area contributed by atoms with E-state index in [9.17, 15) is 22.4 Å². The number of carbonyl (C=O) groups excluding carboxylic acids is 1. The standard InChI is InChI=1S/C11H10F4O2/c1-3-17-9-5-7(11(13,14)15)4-8(12)10(9)6(2)16/h4-5H,3H2,1-2H3. The highest BCUT2D eigenvalue weighted by Crippen LogP contribution is 2.34. The van der Waals surface area contributed by atoms with Crippen LogP contribution in [0.2, 0.25) is 0 Å². The number of Topliss-reactive ketones (excluding diaryl/α,β-unsaturated/α-hetero) is 1. The molecule has 0 fully saturated rings. The van der Waals surface area contributed by atoms with Gasteiger partial charge in [0.15, 0.2) is 5.78 Å². The van der Waals surface area contributed by atoms with E-state index in [1.54, 1.807) is 0 Å². The van der Waals surface area contributed by atoms with Crippen LogP contribution in [0.25, 0.3) is 0 Å². The van der Waals surface area contributed by atoms with E-state index in [1.807, 2.05) is 0 Å². The Morgan fingerprint density at radius 3 is 2.35 bits per heavy atom. The summed E-state index contributed by atoms with van der Waals surface area (Å²) in [5.74, 6) is -2.29. The summed E-state index contributed by atoms with van der Waals surface area (Å²) in [6, 6.07) is 0.919. The number of halogens is 4. The van der Waals surface area contributed by atoms with Crippen LogP contribution in [0.3, 0.4) is 0 Å². The molecule has 94 valence electrons. The first-order valence-electron chi connectivity index (χ1n) is 4.81. The van der Waals surface area contributed by atoms with Gasteiger partial charge in [-0.1, -0.05) is 0 Å². The molecule has 1 aromatic carbocycles. The summed E-state index contributed by atoms with van der Waals surface area (Å²) >= 11 is 0. The molecule has 0 N–H and O–H groups in total. The van der Waals surface area contributed by atoms with Gasteiger partial charge in [0.25, 0.3) is 0 Å². The summed E-state index contributed by atoms with van der Waals surface area (Å²) in [5, 5.41) is 0. The van der Waals surface area contributed by atoms with Crippen LogP contribution in [-0.2, 0) is 6.18 Å². The average Bonchev–Trinajstić information content (AvgIpc) is 2.15. The zero-order valence-electron chi connectivity index (χ0n) is 9.19. The van der Waals surface area contributed by atoms with Crippen molar-refractivity contribution in [1.29, 1.82) is 0 Å². The summed E-state index contributed by atoms with van der Waals surface area (Å²) < 4.78 is 55.5. The second-order valence-corrected chi connectivity index (χ2v) is 3.32. The molecule has 0 radical (unpaired) electrons. The van der Waals surface area contributed by atoms with E-state index in [0.29, 0.717) is 12.1 Å². The SMILES string of the molecule is CCOc1cc(C(F)(F)F)cc(F)c1C(C)=O. The van der Waals surface area contributed by atoms with E-state index in [-0.39, 0.29) is 12.4 Å². The van der Waals surface area contributed by atoms with Crippen molar-refractivity contribution in [1.82, 2.24) is 0 Å². The van der Waals surface area contributed by atoms with Crippen LogP contribution in [0.1, 0.15) is 29.8 Å². The van der Waals surface area contributed by atoms with Gasteiger partial charge in [-0.25, -0.2) is 4.39 Å². The van der Waals surface area contributed by atoms with Crippen LogP contribution in [0.5, 0.6) is 5.75 Å². The number of hydrogen-bond donors (Lipinski definition) is 0. The normalized spacial score (nSPS) is 11.4. The highest BCUT2D eigenvalue weighted by Gasteiger charge is 2.33. The average molecular weight is 250 g/mol. The molecule has 0 unspecified atom stereocenters. The first kappa shape index (κ1) is 13.5. The Kier molecular flexibility index (Phi) is 3.75. The third kappa shape index (κ3) is 2.95. The first-order valence-corrected chi connectivity index (χ1v) is 4.81. The smallest absolute Gasteiger partial charge is 0.416 e. The lowest BCUT2D eigenvalue weighted by Crippen LogP contribution is -2.10. The Bertz CT molecular complexity index is 438. The molecular weight excluding hydrogens is 240 g/mol. The van der Waals surface area contributed by atoms with Crippen LogP contribution in [0.15, 0.2) is 12.1 Å². The van der Waals surface area contributed by atoms with Crippen LogP contribution in [0, 0.1) is 5.82 Å². The molecule has 0 aromatic heterocycles. The van der Waals surface area contributed by atoms with Gasteiger partial charge in [0.05, 0.1) is 17.7 Å². The van der Waals surface area contributed by atoms with Gasteiger partial charge in [0, 0.05) is 0 Å². The van der Waals surface area contributed by atoms with Crippen molar-refractivity contribution >= 4 is 5.78 Å². The number of ether oxygens (including phenoxy) is 1. The predicted octanol–water partition coefficient (Wildman–Crippen LogP) is 3.45. The molecule has 0 aliphatic heterocycles. The molecule has 0 saturated carbocycles. The molecule has 1 aromatic rings. The van der Waals surface area contributed by atoms with E-state index >= 15 is 0 Å². The van der Waals surface area contributed by atoms with Crippen molar-refractivity contribution in [2.24, 2.45) is 0 Å². The maximum absolute atomic E-state index is 13.4. The molecule has 0 atom stereocenters. The van der Waals surface area contributed by atoms with Crippen molar-refractivity contribution in [2.75, 3.05) is 6.61 Å². The third-order valence-corrected chi connectivity index (χ3v) is 2.03. The van der Waals surface area contributed by atoms with Crippen molar-refractivity contribution in [2.45, 2.75) is 20.0 Å². The molecule has 0 amide bonds. The lowest BCUT2D eigenvalue weighted by atomic mass is 10.1. The van der Waals surface area contributed by atoms with Crippen LogP contribution < -0.4 is 4.74 Å². The predicted molar refractivity (Wildman–Crippen MR) is 52.6 cm³/mol. The van der Waals surface area contributed by atoms with Gasteiger partial charge >= 0.3 is 6.18 Å². The fourth-order valence-electron chi connectivity index (χ4n) is 1.36. The van der Waals surface area contributed by atoms with Gasteiger partial charge in [-0.05, 0) is 26.0 Å². The van der Waals surface area contributed by atoms with Crippen LogP contribution >= 0.6 is 0 Å². The van der Waals surface area contributed by atoms with E-state index in [1.165, 1.54) is 6.92 Å². The minimum Gasteiger partial charge on any atom is -0.493 e. The maximum atomic E-state index is 13.4. The van der Waals surface area contributed by atoms with Gasteiger partial charge < -0.3 is 4.74 Å². The number of benzene rings is 1. The Morgan fingerprint density at radius 2 is 1.94 bits per heavy atom. The number of ketones is 1. The van der Waals surface area contributed by atoms with Crippen molar-refractivity contribution in [3.63, 3.8) is 0 Å². The maximum Gasteiger partial charge on any atom is 0.416 e. The summed E-state index contributed by atoms with van der Waals surface area (Å²) in [6.45, 7) is 2.64. The molecule has 0 bridgehead atoms. The van der Waals surface area contributed by atoms with E-state index in [0.717, 1.165) is 6.92 Å². The Morgan fingerprint density at radius 1 is 1.35 bits per heavy atom. The molecule has 17 heavy (non-hydrogen) atoms. The molecule has 0 heterocycles. The Labute approximate surface area is 95.2 Å². The molecular formula is C11H10F4O2. The van der Waals surface area contributed by atoms with Crippen LogP contribution in [-0.4, -0.2) is 12.4 Å². The summed E-state index contributed by atoms with van der Waals surface area (Å²) in [5.41, 5.74) is -1.64. The topological polar surface area (TPSA) is 26.3 Å². The van der Waals surface area contributed by atoms with E-state index < -0.39 is 28.9 Å². The summed E-state index contributed by atoms with van der Waals surface area (Å²) in [7, 11) is 0. The largest absolute Gasteiger partial charge is 0.493 e. The second-order valence-electron chi connectivity index (χ2n) is 3.32. The van der Waals surface area contributed by atoms with Gasteiger partial charge in [0.2, 0.25) is 0 Å². The Balaban J connectivity index is 3.41. The number of rotatable bonds is 3. The molecule has 0 aliphatic carbocycles. The minimum atomic E-state index is -4.68. The molecule has 2 nitrogen and oxygen atoms in total. The molecule has 0 spiro atoms. The quantitative estimate of drug-likeness (QED) is 0.606. The van der Waals surface area contributed by atoms with Crippen molar-refractivity contribution < 1.29 is 27.1 Å². The number of carbonyl (C=O) groups is 1. The number of hydrogen-bond acceptors (Lipinski definition) is 2. The monoisotopic (exact) mass is 250 g/mol. The fourth-order valence-corrected chi connectivity index (χ4v) is 1.36. The van der Waals surface area contributed by atoms with Gasteiger partial charge in [-0.3, -0.25) is 4.79 Å². The lowest BCUT2D eigenvalue weighted by molar-refractivity contribution is -0.137. The highest BCUT2D eigenvalue weighted by atomic mass is 19.4. The van der Waals surface area contributed by atoms with Crippen LogP contribution in [0.4, 0.5) is 17.6 Å². The van der Waals surface area contributed by atoms with Gasteiger partial charge in [-0.2, -0.15) is 13.2 Å². The summed E-state index contributed by atoms with van der Waals surface area (Å²) in [6.07, 6.45) is -4.68. The second kappa shape index (κ2) is 4.73. The zero-order chi connectivity index (χ0) is 13.2. The molecule has 1 rings (SSSR count). The minimum absolute atomic E-state index is 0.0427. The number of alkyl halides is 3. The van der Waals surface area contributed by atoms with Crippen molar-refractivity contribution in [3.8, 4) is 5.75 Å². The van der Waals surface area contributed by atoms with Gasteiger partial charge in [-0.15, -0.1) is 0 Å². The third-order valence-electron chi connectivity index (χ3n) is 2.03.